The fourth-order valence-corrected chi connectivity index (χ4v) is 1.54. The van der Waals surface area contributed by atoms with Crippen molar-refractivity contribution in [2.75, 3.05) is 26.2 Å². The third kappa shape index (κ3) is 11.6. The van der Waals surface area contributed by atoms with Crippen LogP contribution in [0.1, 0.15) is 0 Å². The van der Waals surface area contributed by atoms with Gasteiger partial charge in [-0.25, -0.2) is 0 Å². The molecule has 17 heavy (non-hydrogen) atoms. The van der Waals surface area contributed by atoms with E-state index in [0.29, 0.717) is 0 Å². The average Bonchev–Trinajstić information content (AvgIpc) is 2.06. The Balaban J connectivity index is -0.000000120. The van der Waals surface area contributed by atoms with Crippen LogP contribution in [0.5, 0.6) is 0 Å². The monoisotopic (exact) mass is 301 g/mol. The first kappa shape index (κ1) is 29.9. The van der Waals surface area contributed by atoms with E-state index in [9.17, 15) is 0 Å². The maximum Gasteiger partial charge on any atom is 4.00 e. The third-order valence-corrected chi connectivity index (χ3v) is 2.07. The third-order valence-electron chi connectivity index (χ3n) is 2.07. The van der Waals surface area contributed by atoms with E-state index in [1.165, 1.54) is 0 Å². The minimum atomic E-state index is 0. The van der Waals surface area contributed by atoms with Crippen LogP contribution >= 0.6 is 0 Å². The molecule has 0 aliphatic carbocycles. The summed E-state index contributed by atoms with van der Waals surface area (Å²) in [5.74, 6) is 0. The van der Waals surface area contributed by atoms with Gasteiger partial charge >= 0.3 is 17.6 Å². The summed E-state index contributed by atoms with van der Waals surface area (Å²) in [6, 6.07) is 0. The standard InChI is InChI=1S/C12H20N.Ge.H2O.2O/c1-5-9-13(10-6-2,11-7-3)12-8-4;;;;/h5-8H,1-4,9-12H2;;1H2;;/q+1;+4;;2*-2/p-1. The van der Waals surface area contributed by atoms with Gasteiger partial charge in [-0.2, -0.15) is 0 Å². The Morgan fingerprint density at radius 1 is 0.647 bits per heavy atom. The van der Waals surface area contributed by atoms with Crippen molar-refractivity contribution < 1.29 is 20.9 Å². The van der Waals surface area contributed by atoms with E-state index in [1.54, 1.807) is 0 Å². The van der Waals surface area contributed by atoms with Gasteiger partial charge in [-0.05, 0) is 24.3 Å². The summed E-state index contributed by atoms with van der Waals surface area (Å²) in [6.45, 7) is 18.8. The molecule has 0 atom stereocenters. The van der Waals surface area contributed by atoms with Crippen molar-refractivity contribution >= 4 is 17.6 Å². The maximum atomic E-state index is 3.77. The first-order valence-corrected chi connectivity index (χ1v) is 4.53. The quantitative estimate of drug-likeness (QED) is 0.381. The van der Waals surface area contributed by atoms with Gasteiger partial charge in [0.1, 0.15) is 0 Å². The summed E-state index contributed by atoms with van der Waals surface area (Å²) in [6.07, 6.45) is 7.76. The van der Waals surface area contributed by atoms with Crippen molar-refractivity contribution in [1.82, 2.24) is 0 Å². The molecular weight excluding hydrogens is 279 g/mol. The summed E-state index contributed by atoms with van der Waals surface area (Å²) < 4.78 is 0.903. The number of nitrogens with zero attached hydrogens (tertiary/aromatic N) is 1. The van der Waals surface area contributed by atoms with Crippen LogP contribution in [0.2, 0.25) is 0 Å². The largest absolute Gasteiger partial charge is 4.00 e. The average molecular weight is 300 g/mol. The molecule has 0 aliphatic heterocycles. The van der Waals surface area contributed by atoms with Gasteiger partial charge in [0.15, 0.2) is 0 Å². The number of rotatable bonds is 8. The molecule has 96 valence electrons. The summed E-state index contributed by atoms with van der Waals surface area (Å²) in [7, 11) is 0. The van der Waals surface area contributed by atoms with Gasteiger partial charge in [-0.3, -0.25) is 0 Å². The molecule has 0 aromatic carbocycles. The zero-order chi connectivity index (χ0) is 10.2. The second-order valence-electron chi connectivity index (χ2n) is 3.23. The molecule has 1 N–H and O–H groups in total. The Labute approximate surface area is 116 Å². The second-order valence-corrected chi connectivity index (χ2v) is 3.23. The van der Waals surface area contributed by atoms with Gasteiger partial charge in [0, 0.05) is 0 Å². The van der Waals surface area contributed by atoms with Crippen LogP contribution in [0, 0.1) is 0 Å². The van der Waals surface area contributed by atoms with Gasteiger partial charge < -0.3 is 20.9 Å². The van der Waals surface area contributed by atoms with E-state index in [0.717, 1.165) is 30.7 Å². The molecule has 0 amide bonds. The zero-order valence-corrected chi connectivity index (χ0v) is 12.3. The van der Waals surface area contributed by atoms with E-state index < -0.39 is 0 Å². The van der Waals surface area contributed by atoms with Crippen molar-refractivity contribution in [2.24, 2.45) is 0 Å². The molecule has 4 nitrogen and oxygen atoms in total. The van der Waals surface area contributed by atoms with E-state index in [2.05, 4.69) is 26.3 Å². The van der Waals surface area contributed by atoms with E-state index >= 15 is 0 Å². The summed E-state index contributed by atoms with van der Waals surface area (Å²) in [5.41, 5.74) is 0. The molecular formula is C12H21GeNO3. The molecule has 0 spiro atoms. The maximum absolute atomic E-state index is 3.77. The first-order valence-electron chi connectivity index (χ1n) is 4.53. The van der Waals surface area contributed by atoms with Gasteiger partial charge in [-0.15, -0.1) is 0 Å². The smallest absolute Gasteiger partial charge is 2.00 e. The molecule has 0 fully saturated rings. The van der Waals surface area contributed by atoms with Crippen LogP contribution in [0.3, 0.4) is 0 Å². The Hall–Kier alpha value is -0.657. The van der Waals surface area contributed by atoms with E-state index in [1.807, 2.05) is 24.3 Å². The van der Waals surface area contributed by atoms with Crippen LogP contribution < -0.4 is 0 Å². The summed E-state index contributed by atoms with van der Waals surface area (Å²) >= 11 is 0. The normalized spacial score (nSPS) is 8.00. The molecule has 0 saturated heterocycles. The SMILES string of the molecule is C=CC[N+](CC=C)(CC=C)CC=C.[Ge+4].[O-2].[O-2].[OH-]. The van der Waals surface area contributed by atoms with Gasteiger partial charge in [-0.1, -0.05) is 26.3 Å². The van der Waals surface area contributed by atoms with Crippen LogP contribution in [0.15, 0.2) is 50.6 Å². The molecule has 0 aliphatic rings. The summed E-state index contributed by atoms with van der Waals surface area (Å²) in [5, 5.41) is 0. The molecule has 0 unspecified atom stereocenters. The number of hydrogen-bond donors (Lipinski definition) is 0. The Morgan fingerprint density at radius 2 is 0.824 bits per heavy atom. The first-order chi connectivity index (χ1) is 6.24. The second kappa shape index (κ2) is 17.7. The molecule has 0 rings (SSSR count). The molecule has 0 aromatic heterocycles. The van der Waals surface area contributed by atoms with Crippen molar-refractivity contribution in [3.63, 3.8) is 0 Å². The number of quaternary nitrogens is 1. The Morgan fingerprint density at radius 3 is 0.941 bits per heavy atom. The van der Waals surface area contributed by atoms with Crippen molar-refractivity contribution in [1.29, 1.82) is 0 Å². The van der Waals surface area contributed by atoms with Gasteiger partial charge in [0.05, 0.1) is 26.2 Å². The topological polar surface area (TPSA) is 87.0 Å². The minimum absolute atomic E-state index is 0. The van der Waals surface area contributed by atoms with Gasteiger partial charge in [0.25, 0.3) is 0 Å². The zero-order valence-electron chi connectivity index (χ0n) is 10.2. The van der Waals surface area contributed by atoms with E-state index in [4.69, 9.17) is 0 Å². The van der Waals surface area contributed by atoms with Crippen molar-refractivity contribution in [3.8, 4) is 0 Å². The van der Waals surface area contributed by atoms with Crippen LogP contribution in [-0.2, 0) is 11.0 Å². The molecule has 5 heteroatoms. The molecule has 0 aromatic rings. The summed E-state index contributed by atoms with van der Waals surface area (Å²) in [4.78, 5) is 0. The fourth-order valence-electron chi connectivity index (χ4n) is 1.54. The van der Waals surface area contributed by atoms with E-state index in [-0.39, 0.29) is 34.0 Å². The molecule has 0 saturated carbocycles. The predicted molar refractivity (Wildman–Crippen MR) is 69.6 cm³/mol. The van der Waals surface area contributed by atoms with Crippen LogP contribution in [0.25, 0.3) is 0 Å². The minimum Gasteiger partial charge on any atom is -2.00 e. The van der Waals surface area contributed by atoms with Gasteiger partial charge in [0.2, 0.25) is 0 Å². The van der Waals surface area contributed by atoms with Crippen LogP contribution in [-0.4, -0.2) is 53.7 Å². The molecule has 0 radical (unpaired) electrons. The molecule has 0 bridgehead atoms. The Bertz CT molecular complexity index is 162. The fraction of sp³-hybridized carbons (Fsp3) is 0.333. The Kier molecular flexibility index (Phi) is 31.2. The van der Waals surface area contributed by atoms with Crippen LogP contribution in [0.4, 0.5) is 0 Å². The predicted octanol–water partition coefficient (Wildman–Crippen LogP) is 1.75. The van der Waals surface area contributed by atoms with Crippen molar-refractivity contribution in [2.45, 2.75) is 0 Å². The molecule has 0 heterocycles. The van der Waals surface area contributed by atoms with Crippen molar-refractivity contribution in [3.05, 3.63) is 50.6 Å². The number of hydrogen-bond acceptors (Lipinski definition) is 1.